The van der Waals surface area contributed by atoms with Crippen molar-refractivity contribution < 1.29 is 23.8 Å². The summed E-state index contributed by atoms with van der Waals surface area (Å²) in [6.07, 6.45) is 1.47. The number of nitrogens with zero attached hydrogens (tertiary/aromatic N) is 1. The van der Waals surface area contributed by atoms with Gasteiger partial charge in [0.05, 0.1) is 24.6 Å². The first-order valence-corrected chi connectivity index (χ1v) is 9.49. The lowest BCUT2D eigenvalue weighted by atomic mass is 9.96. The van der Waals surface area contributed by atoms with E-state index in [1.54, 1.807) is 42.5 Å². The second-order valence-corrected chi connectivity index (χ2v) is 7.17. The molecule has 6 nitrogen and oxygen atoms in total. The first-order valence-electron chi connectivity index (χ1n) is 9.49. The summed E-state index contributed by atoms with van der Waals surface area (Å²) in [6, 6.07) is 14.9. The van der Waals surface area contributed by atoms with Crippen LogP contribution >= 0.6 is 0 Å². The Morgan fingerprint density at radius 2 is 1.83 bits per heavy atom. The Hall–Kier alpha value is -3.80. The summed E-state index contributed by atoms with van der Waals surface area (Å²) in [5.41, 5.74) is 2.62. The van der Waals surface area contributed by atoms with Gasteiger partial charge in [0, 0.05) is 5.56 Å². The Labute approximate surface area is 174 Å². The van der Waals surface area contributed by atoms with Crippen molar-refractivity contribution in [2.75, 3.05) is 12.0 Å². The average molecular weight is 403 g/mol. The number of carbonyl (C=O) groups is 2. The highest BCUT2D eigenvalue weighted by atomic mass is 16.5. The summed E-state index contributed by atoms with van der Waals surface area (Å²) in [4.78, 5) is 27.5. The van der Waals surface area contributed by atoms with Crippen LogP contribution in [0.1, 0.15) is 28.5 Å². The Morgan fingerprint density at radius 3 is 2.53 bits per heavy atom. The summed E-state index contributed by atoms with van der Waals surface area (Å²) in [5, 5.41) is 11.2. The van der Waals surface area contributed by atoms with E-state index in [4.69, 9.17) is 9.15 Å². The van der Waals surface area contributed by atoms with E-state index in [9.17, 15) is 14.7 Å². The van der Waals surface area contributed by atoms with E-state index in [1.165, 1.54) is 18.3 Å². The van der Waals surface area contributed by atoms with Gasteiger partial charge in [0.2, 0.25) is 0 Å². The van der Waals surface area contributed by atoms with Crippen LogP contribution in [0.15, 0.2) is 70.9 Å². The summed E-state index contributed by atoms with van der Waals surface area (Å²) in [7, 11) is 1.49. The maximum Gasteiger partial charge on any atom is 0.300 e. The van der Waals surface area contributed by atoms with Crippen molar-refractivity contribution >= 4 is 23.1 Å². The molecule has 0 spiro atoms. The Bertz CT molecular complexity index is 1160. The van der Waals surface area contributed by atoms with Gasteiger partial charge in [0.15, 0.2) is 0 Å². The third-order valence-electron chi connectivity index (χ3n) is 5.25. The van der Waals surface area contributed by atoms with Crippen LogP contribution in [-0.2, 0) is 9.59 Å². The number of furan rings is 1. The minimum Gasteiger partial charge on any atom is -0.507 e. The second-order valence-electron chi connectivity index (χ2n) is 7.17. The lowest BCUT2D eigenvalue weighted by Crippen LogP contribution is -2.29. The van der Waals surface area contributed by atoms with Gasteiger partial charge in [-0.15, -0.1) is 0 Å². The van der Waals surface area contributed by atoms with Crippen molar-refractivity contribution in [3.05, 3.63) is 88.9 Å². The molecule has 0 radical (unpaired) electrons. The van der Waals surface area contributed by atoms with Gasteiger partial charge in [0.25, 0.3) is 11.7 Å². The number of amides is 1. The average Bonchev–Trinajstić information content (AvgIpc) is 3.36. The molecule has 2 aromatic carbocycles. The molecule has 1 atom stereocenters. The van der Waals surface area contributed by atoms with E-state index in [0.717, 1.165) is 11.1 Å². The van der Waals surface area contributed by atoms with Gasteiger partial charge < -0.3 is 14.3 Å². The SMILES string of the molecule is COc1ccccc1N1C(=O)C(=O)/C(=C(\O)c2cc(C)ccc2C)C1c1ccco1. The van der Waals surface area contributed by atoms with Crippen molar-refractivity contribution in [1.29, 1.82) is 0 Å². The van der Waals surface area contributed by atoms with E-state index >= 15 is 0 Å². The Kier molecular flexibility index (Phi) is 4.91. The molecule has 0 aliphatic carbocycles. The molecule has 1 amide bonds. The number of carbonyl (C=O) groups excluding carboxylic acids is 2. The van der Waals surface area contributed by atoms with Gasteiger partial charge in [0.1, 0.15) is 23.3 Å². The van der Waals surface area contributed by atoms with Crippen LogP contribution in [0.4, 0.5) is 5.69 Å². The van der Waals surface area contributed by atoms with Crippen LogP contribution in [0.2, 0.25) is 0 Å². The number of anilines is 1. The van der Waals surface area contributed by atoms with Crippen molar-refractivity contribution in [2.24, 2.45) is 0 Å². The van der Waals surface area contributed by atoms with Crippen molar-refractivity contribution in [3.8, 4) is 5.75 Å². The van der Waals surface area contributed by atoms with E-state index in [2.05, 4.69) is 0 Å². The highest BCUT2D eigenvalue weighted by Gasteiger charge is 2.49. The molecule has 1 fully saturated rings. The zero-order valence-electron chi connectivity index (χ0n) is 16.9. The molecule has 1 N–H and O–H groups in total. The molecule has 30 heavy (non-hydrogen) atoms. The zero-order valence-corrected chi connectivity index (χ0v) is 16.9. The number of benzene rings is 2. The second kappa shape index (κ2) is 7.55. The fourth-order valence-electron chi connectivity index (χ4n) is 3.76. The molecular formula is C24H21NO5. The zero-order chi connectivity index (χ0) is 21.4. The molecule has 0 saturated carbocycles. The maximum atomic E-state index is 13.1. The molecule has 0 bridgehead atoms. The number of ether oxygens (including phenoxy) is 1. The molecule has 1 aliphatic rings. The highest BCUT2D eigenvalue weighted by Crippen LogP contribution is 2.45. The number of rotatable bonds is 4. The van der Waals surface area contributed by atoms with Crippen molar-refractivity contribution in [3.63, 3.8) is 0 Å². The smallest absolute Gasteiger partial charge is 0.300 e. The molecule has 1 aliphatic heterocycles. The van der Waals surface area contributed by atoms with Gasteiger partial charge in [-0.2, -0.15) is 0 Å². The number of hydrogen-bond acceptors (Lipinski definition) is 5. The van der Waals surface area contributed by atoms with Crippen LogP contribution in [0.3, 0.4) is 0 Å². The standard InChI is InChI=1S/C24H21NO5/c1-14-10-11-15(2)16(13-14)22(26)20-21(19-9-6-12-30-19)25(24(28)23(20)27)17-7-4-5-8-18(17)29-3/h4-13,21,26H,1-3H3/b22-20-. The van der Waals surface area contributed by atoms with Gasteiger partial charge in [-0.3, -0.25) is 14.5 Å². The first-order chi connectivity index (χ1) is 14.4. The monoisotopic (exact) mass is 403 g/mol. The van der Waals surface area contributed by atoms with E-state index < -0.39 is 17.7 Å². The van der Waals surface area contributed by atoms with Crippen LogP contribution in [0, 0.1) is 13.8 Å². The summed E-state index contributed by atoms with van der Waals surface area (Å²) >= 11 is 0. The molecule has 1 aromatic heterocycles. The van der Waals surface area contributed by atoms with Gasteiger partial charge in [-0.25, -0.2) is 0 Å². The normalized spacial score (nSPS) is 18.1. The number of aryl methyl sites for hydroxylation is 2. The third-order valence-corrected chi connectivity index (χ3v) is 5.25. The fourth-order valence-corrected chi connectivity index (χ4v) is 3.76. The van der Waals surface area contributed by atoms with Gasteiger partial charge >= 0.3 is 0 Å². The van der Waals surface area contributed by atoms with Crippen LogP contribution < -0.4 is 9.64 Å². The predicted octanol–water partition coefficient (Wildman–Crippen LogP) is 4.53. The fraction of sp³-hybridized carbons (Fsp3) is 0.167. The molecule has 1 saturated heterocycles. The number of aliphatic hydroxyl groups is 1. The lowest BCUT2D eigenvalue weighted by Gasteiger charge is -2.25. The van der Waals surface area contributed by atoms with E-state index in [-0.39, 0.29) is 11.3 Å². The van der Waals surface area contributed by atoms with E-state index in [0.29, 0.717) is 22.8 Å². The van der Waals surface area contributed by atoms with E-state index in [1.807, 2.05) is 26.0 Å². The largest absolute Gasteiger partial charge is 0.507 e. The molecule has 2 heterocycles. The van der Waals surface area contributed by atoms with Gasteiger partial charge in [-0.1, -0.05) is 29.8 Å². The summed E-state index contributed by atoms with van der Waals surface area (Å²) in [5.74, 6) is -0.962. The molecule has 1 unspecified atom stereocenters. The lowest BCUT2D eigenvalue weighted by molar-refractivity contribution is -0.132. The topological polar surface area (TPSA) is 80.0 Å². The minimum atomic E-state index is -0.920. The molecule has 152 valence electrons. The summed E-state index contributed by atoms with van der Waals surface area (Å²) < 4.78 is 11.0. The summed E-state index contributed by atoms with van der Waals surface area (Å²) in [6.45, 7) is 3.74. The Morgan fingerprint density at radius 1 is 1.07 bits per heavy atom. The Balaban J connectivity index is 1.98. The number of para-hydroxylation sites is 2. The number of hydrogen-bond donors (Lipinski definition) is 1. The van der Waals surface area contributed by atoms with Crippen LogP contribution in [0.25, 0.3) is 5.76 Å². The van der Waals surface area contributed by atoms with Crippen molar-refractivity contribution in [2.45, 2.75) is 19.9 Å². The maximum absolute atomic E-state index is 13.1. The quantitative estimate of drug-likeness (QED) is 0.393. The number of ketones is 1. The molecule has 4 rings (SSSR count). The predicted molar refractivity (Wildman–Crippen MR) is 112 cm³/mol. The van der Waals surface area contributed by atoms with Crippen LogP contribution in [0.5, 0.6) is 5.75 Å². The first kappa shape index (κ1) is 19.5. The number of methoxy groups -OCH3 is 1. The molecule has 6 heteroatoms. The third kappa shape index (κ3) is 3.06. The minimum absolute atomic E-state index is 0.0189. The van der Waals surface area contributed by atoms with Crippen molar-refractivity contribution in [1.82, 2.24) is 0 Å². The van der Waals surface area contributed by atoms with Gasteiger partial charge in [-0.05, 0) is 49.7 Å². The molecular weight excluding hydrogens is 382 g/mol. The van der Waals surface area contributed by atoms with Crippen LogP contribution in [-0.4, -0.2) is 23.9 Å². The highest BCUT2D eigenvalue weighted by molar-refractivity contribution is 6.51. The number of aliphatic hydroxyl groups excluding tert-OH is 1. The number of Topliss-reactive ketones (excluding diaryl/α,β-unsaturated/α-hetero) is 1. The molecule has 3 aromatic rings.